The van der Waals surface area contributed by atoms with E-state index in [9.17, 15) is 4.79 Å². The molecule has 0 aromatic carbocycles. The van der Waals surface area contributed by atoms with Crippen LogP contribution in [0.4, 0.5) is 0 Å². The Morgan fingerprint density at radius 1 is 1.50 bits per heavy atom. The smallest absolute Gasteiger partial charge is 0.225 e. The van der Waals surface area contributed by atoms with E-state index in [1.807, 2.05) is 6.92 Å². The third-order valence-electron chi connectivity index (χ3n) is 2.69. The normalized spacial score (nSPS) is 20.8. The van der Waals surface area contributed by atoms with Gasteiger partial charge in [-0.2, -0.15) is 0 Å². The molecule has 1 amide bonds. The lowest BCUT2D eigenvalue weighted by Crippen LogP contribution is -2.39. The molecule has 3 heteroatoms. The SMILES string of the molecule is CC1(C(=O)NCCN)CCCC1. The highest BCUT2D eigenvalue weighted by Gasteiger charge is 2.35. The summed E-state index contributed by atoms with van der Waals surface area (Å²) in [5, 5.41) is 2.85. The Labute approximate surface area is 73.7 Å². The van der Waals surface area contributed by atoms with Crippen molar-refractivity contribution in [3.05, 3.63) is 0 Å². The van der Waals surface area contributed by atoms with Crippen LogP contribution in [0, 0.1) is 5.41 Å². The second-order valence-electron chi connectivity index (χ2n) is 3.81. The second-order valence-corrected chi connectivity index (χ2v) is 3.81. The van der Waals surface area contributed by atoms with E-state index < -0.39 is 0 Å². The zero-order chi connectivity index (χ0) is 9.03. The van der Waals surface area contributed by atoms with Gasteiger partial charge in [0.1, 0.15) is 0 Å². The summed E-state index contributed by atoms with van der Waals surface area (Å²) in [6, 6.07) is 0. The van der Waals surface area contributed by atoms with Crippen molar-refractivity contribution in [2.45, 2.75) is 32.6 Å². The van der Waals surface area contributed by atoms with Gasteiger partial charge in [0.2, 0.25) is 5.91 Å². The van der Waals surface area contributed by atoms with Gasteiger partial charge in [-0.15, -0.1) is 0 Å². The first-order chi connectivity index (χ1) is 5.69. The van der Waals surface area contributed by atoms with Gasteiger partial charge in [-0.05, 0) is 12.8 Å². The number of carbonyl (C=O) groups is 1. The van der Waals surface area contributed by atoms with E-state index in [-0.39, 0.29) is 11.3 Å². The summed E-state index contributed by atoms with van der Waals surface area (Å²) in [6.45, 7) is 3.18. The maximum Gasteiger partial charge on any atom is 0.225 e. The molecule has 0 saturated heterocycles. The van der Waals surface area contributed by atoms with E-state index in [0.717, 1.165) is 12.8 Å². The highest BCUT2D eigenvalue weighted by atomic mass is 16.2. The first kappa shape index (κ1) is 9.52. The first-order valence-corrected chi connectivity index (χ1v) is 4.67. The average Bonchev–Trinajstić information content (AvgIpc) is 2.49. The van der Waals surface area contributed by atoms with E-state index in [4.69, 9.17) is 5.73 Å². The molecule has 0 heterocycles. The summed E-state index contributed by atoms with van der Waals surface area (Å²) in [5.41, 5.74) is 5.20. The van der Waals surface area contributed by atoms with Gasteiger partial charge >= 0.3 is 0 Å². The summed E-state index contributed by atoms with van der Waals surface area (Å²) < 4.78 is 0. The van der Waals surface area contributed by atoms with Gasteiger partial charge in [-0.25, -0.2) is 0 Å². The van der Waals surface area contributed by atoms with Crippen molar-refractivity contribution < 1.29 is 4.79 Å². The topological polar surface area (TPSA) is 55.1 Å². The Morgan fingerprint density at radius 2 is 2.08 bits per heavy atom. The fraction of sp³-hybridized carbons (Fsp3) is 0.889. The Morgan fingerprint density at radius 3 is 2.58 bits per heavy atom. The predicted octanol–water partition coefficient (Wildman–Crippen LogP) is 0.642. The molecule has 0 aliphatic heterocycles. The Hall–Kier alpha value is -0.570. The number of nitrogens with one attached hydrogen (secondary N) is 1. The Balaban J connectivity index is 2.39. The van der Waals surface area contributed by atoms with Crippen molar-refractivity contribution in [3.63, 3.8) is 0 Å². The molecule has 0 unspecified atom stereocenters. The van der Waals surface area contributed by atoms with Crippen LogP contribution in [0.5, 0.6) is 0 Å². The lowest BCUT2D eigenvalue weighted by atomic mass is 9.88. The fourth-order valence-corrected chi connectivity index (χ4v) is 1.78. The second kappa shape index (κ2) is 3.90. The van der Waals surface area contributed by atoms with Gasteiger partial charge in [0.25, 0.3) is 0 Å². The molecule has 0 atom stereocenters. The lowest BCUT2D eigenvalue weighted by Gasteiger charge is -2.21. The van der Waals surface area contributed by atoms with Gasteiger partial charge in [-0.3, -0.25) is 4.79 Å². The van der Waals surface area contributed by atoms with Gasteiger partial charge in [0.15, 0.2) is 0 Å². The van der Waals surface area contributed by atoms with Crippen molar-refractivity contribution in [2.75, 3.05) is 13.1 Å². The molecule has 1 aliphatic carbocycles. The highest BCUT2D eigenvalue weighted by molar-refractivity contribution is 5.82. The molecule has 1 rings (SSSR count). The molecule has 3 nitrogen and oxygen atoms in total. The number of carbonyl (C=O) groups excluding carboxylic acids is 1. The van der Waals surface area contributed by atoms with Crippen LogP contribution in [0.3, 0.4) is 0 Å². The molecular formula is C9H18N2O. The summed E-state index contributed by atoms with van der Waals surface area (Å²) in [7, 11) is 0. The van der Waals surface area contributed by atoms with Gasteiger partial charge in [0.05, 0.1) is 0 Å². The minimum absolute atomic E-state index is 0.102. The molecule has 70 valence electrons. The van der Waals surface area contributed by atoms with E-state index in [1.165, 1.54) is 12.8 Å². The van der Waals surface area contributed by atoms with Crippen LogP contribution in [-0.4, -0.2) is 19.0 Å². The minimum atomic E-state index is -0.102. The Kier molecular flexibility index (Phi) is 3.09. The van der Waals surface area contributed by atoms with Crippen molar-refractivity contribution >= 4 is 5.91 Å². The first-order valence-electron chi connectivity index (χ1n) is 4.67. The number of hydrogen-bond donors (Lipinski definition) is 2. The highest BCUT2D eigenvalue weighted by Crippen LogP contribution is 2.37. The third-order valence-corrected chi connectivity index (χ3v) is 2.69. The van der Waals surface area contributed by atoms with E-state index >= 15 is 0 Å². The number of rotatable bonds is 3. The molecule has 1 saturated carbocycles. The molecular weight excluding hydrogens is 152 g/mol. The van der Waals surface area contributed by atoms with Gasteiger partial charge in [-0.1, -0.05) is 19.8 Å². The largest absolute Gasteiger partial charge is 0.354 e. The monoisotopic (exact) mass is 170 g/mol. The minimum Gasteiger partial charge on any atom is -0.354 e. The maximum absolute atomic E-state index is 11.6. The quantitative estimate of drug-likeness (QED) is 0.653. The van der Waals surface area contributed by atoms with Gasteiger partial charge < -0.3 is 11.1 Å². The Bertz CT molecular complexity index is 162. The standard InChI is InChI=1S/C9H18N2O/c1-9(4-2-3-5-9)8(12)11-7-6-10/h2-7,10H2,1H3,(H,11,12). The van der Waals surface area contributed by atoms with Crippen molar-refractivity contribution in [1.82, 2.24) is 5.32 Å². The summed E-state index contributed by atoms with van der Waals surface area (Å²) in [4.78, 5) is 11.6. The summed E-state index contributed by atoms with van der Waals surface area (Å²) in [6.07, 6.45) is 4.44. The van der Waals surface area contributed by atoms with Crippen molar-refractivity contribution in [3.8, 4) is 0 Å². The van der Waals surface area contributed by atoms with E-state index in [2.05, 4.69) is 5.32 Å². The predicted molar refractivity (Wildman–Crippen MR) is 48.6 cm³/mol. The van der Waals surface area contributed by atoms with E-state index in [1.54, 1.807) is 0 Å². The molecule has 3 N–H and O–H groups in total. The van der Waals surface area contributed by atoms with Crippen LogP contribution in [0.1, 0.15) is 32.6 Å². The molecule has 1 aliphatic rings. The molecule has 0 bridgehead atoms. The van der Waals surface area contributed by atoms with E-state index in [0.29, 0.717) is 13.1 Å². The molecule has 0 aromatic heterocycles. The zero-order valence-electron chi connectivity index (χ0n) is 7.73. The van der Waals surface area contributed by atoms with Gasteiger partial charge in [0, 0.05) is 18.5 Å². The summed E-state index contributed by atoms with van der Waals surface area (Å²) >= 11 is 0. The molecule has 1 fully saturated rings. The maximum atomic E-state index is 11.6. The molecule has 0 aromatic rings. The summed E-state index contributed by atoms with van der Waals surface area (Å²) in [5.74, 6) is 0.186. The number of nitrogens with two attached hydrogens (primary N) is 1. The lowest BCUT2D eigenvalue weighted by molar-refractivity contribution is -0.129. The van der Waals surface area contributed by atoms with Crippen LogP contribution in [-0.2, 0) is 4.79 Å². The molecule has 0 spiro atoms. The van der Waals surface area contributed by atoms with Crippen molar-refractivity contribution in [1.29, 1.82) is 0 Å². The van der Waals surface area contributed by atoms with Crippen LogP contribution in [0.25, 0.3) is 0 Å². The van der Waals surface area contributed by atoms with Crippen LogP contribution in [0.15, 0.2) is 0 Å². The molecule has 12 heavy (non-hydrogen) atoms. The average molecular weight is 170 g/mol. The van der Waals surface area contributed by atoms with Crippen LogP contribution >= 0.6 is 0 Å². The third kappa shape index (κ3) is 1.97. The number of amides is 1. The van der Waals surface area contributed by atoms with Crippen molar-refractivity contribution in [2.24, 2.45) is 11.1 Å². The van der Waals surface area contributed by atoms with Crippen LogP contribution < -0.4 is 11.1 Å². The zero-order valence-corrected chi connectivity index (χ0v) is 7.73. The molecule has 0 radical (unpaired) electrons. The fourth-order valence-electron chi connectivity index (χ4n) is 1.78. The van der Waals surface area contributed by atoms with Crippen LogP contribution in [0.2, 0.25) is 0 Å². The number of hydrogen-bond acceptors (Lipinski definition) is 2.